The van der Waals surface area contributed by atoms with Crippen molar-refractivity contribution < 1.29 is 5.11 Å². The molecule has 15 heavy (non-hydrogen) atoms. The van der Waals surface area contributed by atoms with E-state index in [1.807, 2.05) is 0 Å². The maximum Gasteiger partial charge on any atom is 0.0608 e. The third kappa shape index (κ3) is 1.51. The Morgan fingerprint density at radius 3 is 2.47 bits per heavy atom. The van der Waals surface area contributed by atoms with Crippen LogP contribution in [0.25, 0.3) is 5.57 Å². The summed E-state index contributed by atoms with van der Waals surface area (Å²) in [6.45, 7) is 0. The number of allylic oxidation sites excluding steroid dienone is 1. The molecule has 0 amide bonds. The Balaban J connectivity index is 1.98. The molecule has 3 aliphatic carbocycles. The molecule has 0 spiro atoms. The van der Waals surface area contributed by atoms with Gasteiger partial charge in [0, 0.05) is 5.92 Å². The first-order chi connectivity index (χ1) is 7.34. The van der Waals surface area contributed by atoms with Crippen molar-refractivity contribution in [1.82, 2.24) is 0 Å². The zero-order chi connectivity index (χ0) is 10.3. The van der Waals surface area contributed by atoms with Crippen molar-refractivity contribution in [3.8, 4) is 0 Å². The molecule has 3 atom stereocenters. The number of hydrogen-bond donors (Lipinski definition) is 1. The summed E-state index contributed by atoms with van der Waals surface area (Å²) < 4.78 is 0. The van der Waals surface area contributed by atoms with Crippen LogP contribution in [0.2, 0.25) is 0 Å². The Morgan fingerprint density at radius 2 is 1.87 bits per heavy atom. The standard InChI is InChI=1S/C14H16O/c15-14-9-11-6-7-12(14)8-13(11)10-4-2-1-3-5-10/h1-5,8,11-12,14-15H,6-7,9H2/t11-,12-,14-/m1/s1. The topological polar surface area (TPSA) is 20.2 Å². The molecule has 1 nitrogen and oxygen atoms in total. The molecule has 1 saturated carbocycles. The van der Waals surface area contributed by atoms with Crippen molar-refractivity contribution in [1.29, 1.82) is 0 Å². The number of rotatable bonds is 1. The lowest BCUT2D eigenvalue weighted by molar-refractivity contribution is 0.0703. The fourth-order valence-corrected chi connectivity index (χ4v) is 2.98. The van der Waals surface area contributed by atoms with Gasteiger partial charge in [-0.25, -0.2) is 0 Å². The summed E-state index contributed by atoms with van der Waals surface area (Å²) in [7, 11) is 0. The van der Waals surface area contributed by atoms with E-state index in [1.165, 1.54) is 24.0 Å². The molecule has 1 N–H and O–H groups in total. The second-order valence-electron chi connectivity index (χ2n) is 4.73. The summed E-state index contributed by atoms with van der Waals surface area (Å²) in [6, 6.07) is 10.6. The van der Waals surface area contributed by atoms with E-state index in [0.717, 1.165) is 6.42 Å². The van der Waals surface area contributed by atoms with Gasteiger partial charge in [0.25, 0.3) is 0 Å². The number of fused-ring (bicyclic) bond motifs is 2. The van der Waals surface area contributed by atoms with E-state index in [4.69, 9.17) is 0 Å². The summed E-state index contributed by atoms with van der Waals surface area (Å²) in [6.07, 6.45) is 5.60. The lowest BCUT2D eigenvalue weighted by Gasteiger charge is -2.39. The van der Waals surface area contributed by atoms with Crippen molar-refractivity contribution in [3.05, 3.63) is 42.0 Å². The first kappa shape index (κ1) is 9.17. The van der Waals surface area contributed by atoms with E-state index in [2.05, 4.69) is 36.4 Å². The molecule has 1 aromatic rings. The Labute approximate surface area is 90.4 Å². The Morgan fingerprint density at radius 1 is 1.07 bits per heavy atom. The predicted molar refractivity (Wildman–Crippen MR) is 61.3 cm³/mol. The SMILES string of the molecule is O[C@@H]1C[C@H]2CC[C@@H]1C=C2c1ccccc1. The van der Waals surface area contributed by atoms with E-state index in [-0.39, 0.29) is 6.10 Å². The zero-order valence-electron chi connectivity index (χ0n) is 8.76. The molecule has 0 radical (unpaired) electrons. The van der Waals surface area contributed by atoms with Crippen LogP contribution in [-0.2, 0) is 0 Å². The van der Waals surface area contributed by atoms with Crippen molar-refractivity contribution in [3.63, 3.8) is 0 Å². The largest absolute Gasteiger partial charge is 0.392 e. The normalized spacial score (nSPS) is 33.9. The van der Waals surface area contributed by atoms with Gasteiger partial charge < -0.3 is 5.11 Å². The van der Waals surface area contributed by atoms with Crippen LogP contribution in [0, 0.1) is 11.8 Å². The molecule has 1 aromatic carbocycles. The summed E-state index contributed by atoms with van der Waals surface area (Å²) in [4.78, 5) is 0. The molecule has 0 saturated heterocycles. The van der Waals surface area contributed by atoms with E-state index >= 15 is 0 Å². The highest BCUT2D eigenvalue weighted by molar-refractivity contribution is 5.69. The number of benzene rings is 1. The fraction of sp³-hybridized carbons (Fsp3) is 0.429. The van der Waals surface area contributed by atoms with Crippen LogP contribution < -0.4 is 0 Å². The molecule has 0 unspecified atom stereocenters. The number of hydrogen-bond acceptors (Lipinski definition) is 1. The summed E-state index contributed by atoms with van der Waals surface area (Å²) in [5.41, 5.74) is 2.82. The molecule has 3 aliphatic rings. The van der Waals surface area contributed by atoms with Gasteiger partial charge in [-0.2, -0.15) is 0 Å². The Kier molecular flexibility index (Phi) is 2.14. The van der Waals surface area contributed by atoms with Gasteiger partial charge in [0.05, 0.1) is 6.10 Å². The first-order valence-electron chi connectivity index (χ1n) is 5.80. The molecule has 0 aliphatic heterocycles. The minimum atomic E-state index is -0.0868. The van der Waals surface area contributed by atoms with Gasteiger partial charge >= 0.3 is 0 Å². The summed E-state index contributed by atoms with van der Waals surface area (Å²) in [5, 5.41) is 9.82. The Hall–Kier alpha value is -1.08. The molecule has 1 fully saturated rings. The molecule has 1 heteroatoms. The maximum absolute atomic E-state index is 9.82. The predicted octanol–water partition coefficient (Wildman–Crippen LogP) is 2.86. The summed E-state index contributed by atoms with van der Waals surface area (Å²) in [5.74, 6) is 0.998. The third-order valence-corrected chi connectivity index (χ3v) is 3.81. The van der Waals surface area contributed by atoms with Crippen LogP contribution in [0.3, 0.4) is 0 Å². The number of aliphatic hydroxyl groups excluding tert-OH is 1. The van der Waals surface area contributed by atoms with Crippen molar-refractivity contribution in [2.45, 2.75) is 25.4 Å². The van der Waals surface area contributed by atoms with Gasteiger partial charge in [0.1, 0.15) is 0 Å². The lowest BCUT2D eigenvalue weighted by atomic mass is 9.68. The fourth-order valence-electron chi connectivity index (χ4n) is 2.98. The highest BCUT2D eigenvalue weighted by Gasteiger charge is 2.35. The smallest absolute Gasteiger partial charge is 0.0608 e. The molecule has 0 heterocycles. The first-order valence-corrected chi connectivity index (χ1v) is 5.80. The van der Waals surface area contributed by atoms with Gasteiger partial charge in [-0.3, -0.25) is 0 Å². The molecule has 78 valence electrons. The van der Waals surface area contributed by atoms with Crippen molar-refractivity contribution >= 4 is 5.57 Å². The zero-order valence-corrected chi connectivity index (χ0v) is 8.76. The van der Waals surface area contributed by atoms with Gasteiger partial charge in [-0.1, -0.05) is 36.4 Å². The monoisotopic (exact) mass is 200 g/mol. The van der Waals surface area contributed by atoms with Crippen LogP contribution in [-0.4, -0.2) is 11.2 Å². The average Bonchev–Trinajstić information content (AvgIpc) is 2.31. The van der Waals surface area contributed by atoms with E-state index in [1.54, 1.807) is 0 Å². The molecular formula is C14H16O. The van der Waals surface area contributed by atoms with Gasteiger partial charge in [0.2, 0.25) is 0 Å². The molecule has 2 bridgehead atoms. The van der Waals surface area contributed by atoms with Gasteiger partial charge in [-0.05, 0) is 36.3 Å². The van der Waals surface area contributed by atoms with Gasteiger partial charge in [-0.15, -0.1) is 0 Å². The molecule has 0 aromatic heterocycles. The van der Waals surface area contributed by atoms with E-state index in [9.17, 15) is 5.11 Å². The lowest BCUT2D eigenvalue weighted by Crippen LogP contribution is -2.33. The highest BCUT2D eigenvalue weighted by atomic mass is 16.3. The summed E-state index contributed by atoms with van der Waals surface area (Å²) >= 11 is 0. The van der Waals surface area contributed by atoms with Crippen molar-refractivity contribution in [2.24, 2.45) is 11.8 Å². The van der Waals surface area contributed by atoms with Crippen LogP contribution in [0.4, 0.5) is 0 Å². The quantitative estimate of drug-likeness (QED) is 0.739. The van der Waals surface area contributed by atoms with E-state index < -0.39 is 0 Å². The van der Waals surface area contributed by atoms with Crippen LogP contribution >= 0.6 is 0 Å². The average molecular weight is 200 g/mol. The second kappa shape index (κ2) is 3.49. The van der Waals surface area contributed by atoms with Crippen molar-refractivity contribution in [2.75, 3.05) is 0 Å². The minimum absolute atomic E-state index is 0.0868. The highest BCUT2D eigenvalue weighted by Crippen LogP contribution is 2.44. The minimum Gasteiger partial charge on any atom is -0.392 e. The maximum atomic E-state index is 9.82. The molecular weight excluding hydrogens is 184 g/mol. The molecule has 4 rings (SSSR count). The number of aliphatic hydroxyl groups is 1. The van der Waals surface area contributed by atoms with Crippen LogP contribution in [0.15, 0.2) is 36.4 Å². The van der Waals surface area contributed by atoms with Crippen LogP contribution in [0.5, 0.6) is 0 Å². The van der Waals surface area contributed by atoms with E-state index in [0.29, 0.717) is 11.8 Å². The third-order valence-electron chi connectivity index (χ3n) is 3.81. The Bertz CT molecular complexity index is 380. The van der Waals surface area contributed by atoms with Gasteiger partial charge in [0.15, 0.2) is 0 Å². The second-order valence-corrected chi connectivity index (χ2v) is 4.73. The van der Waals surface area contributed by atoms with Crippen LogP contribution in [0.1, 0.15) is 24.8 Å².